The van der Waals surface area contributed by atoms with E-state index >= 15 is 0 Å². The van der Waals surface area contributed by atoms with Gasteiger partial charge in [-0.15, -0.1) is 0 Å². The summed E-state index contributed by atoms with van der Waals surface area (Å²) in [5.74, 6) is -1.47. The fourth-order valence-electron chi connectivity index (χ4n) is 2.92. The predicted octanol–water partition coefficient (Wildman–Crippen LogP) is 0.00220. The highest BCUT2D eigenvalue weighted by Crippen LogP contribution is 2.18. The van der Waals surface area contributed by atoms with E-state index in [2.05, 4.69) is 5.32 Å². The van der Waals surface area contributed by atoms with E-state index in [0.29, 0.717) is 12.2 Å². The zero-order valence-corrected chi connectivity index (χ0v) is 16.8. The lowest BCUT2D eigenvalue weighted by Gasteiger charge is -2.26. The van der Waals surface area contributed by atoms with Crippen molar-refractivity contribution in [1.82, 2.24) is 10.2 Å². The van der Waals surface area contributed by atoms with Crippen molar-refractivity contribution in [3.63, 3.8) is 0 Å². The second-order valence-electron chi connectivity index (χ2n) is 6.52. The van der Waals surface area contributed by atoms with Crippen LogP contribution in [0.1, 0.15) is 23.7 Å². The number of ether oxygens (including phenoxy) is 2. The SMILES string of the molecule is COc1ccccc1C(=O)NCC(=O)O[C@@H](C)C(=O)N(C)[C@@H]1CCS(=O)(=O)C1. The molecule has 0 radical (unpaired) electrons. The van der Waals surface area contributed by atoms with Gasteiger partial charge in [0.2, 0.25) is 0 Å². The highest BCUT2D eigenvalue weighted by Gasteiger charge is 2.34. The molecule has 0 saturated carbocycles. The van der Waals surface area contributed by atoms with Crippen molar-refractivity contribution < 1.29 is 32.3 Å². The van der Waals surface area contributed by atoms with Crippen molar-refractivity contribution in [3.05, 3.63) is 29.8 Å². The molecule has 9 nitrogen and oxygen atoms in total. The number of carbonyl (C=O) groups is 3. The molecule has 0 spiro atoms. The van der Waals surface area contributed by atoms with Gasteiger partial charge in [-0.1, -0.05) is 12.1 Å². The standard InChI is InChI=1S/C18H24N2O7S/c1-12(18(23)20(2)13-8-9-28(24,25)11-13)27-16(21)10-19-17(22)14-6-4-5-7-15(14)26-3/h4-7,12-13H,8-11H2,1-3H3,(H,19,22)/t12-,13+/m0/s1. The van der Waals surface area contributed by atoms with E-state index in [9.17, 15) is 22.8 Å². The van der Waals surface area contributed by atoms with Gasteiger partial charge in [0.15, 0.2) is 15.9 Å². The zero-order chi connectivity index (χ0) is 20.9. The van der Waals surface area contributed by atoms with Crippen LogP contribution in [-0.4, -0.2) is 75.5 Å². The van der Waals surface area contributed by atoms with Crippen LogP contribution in [0, 0.1) is 0 Å². The summed E-state index contributed by atoms with van der Waals surface area (Å²) in [6.07, 6.45) is -0.732. The van der Waals surface area contributed by atoms with Crippen molar-refractivity contribution in [1.29, 1.82) is 0 Å². The van der Waals surface area contributed by atoms with Crippen LogP contribution in [0.5, 0.6) is 5.75 Å². The number of hydrogen-bond acceptors (Lipinski definition) is 7. The number of benzene rings is 1. The number of carbonyl (C=O) groups excluding carboxylic acids is 3. The van der Waals surface area contributed by atoms with Crippen molar-refractivity contribution in [2.24, 2.45) is 0 Å². The molecule has 2 amide bonds. The Bertz CT molecular complexity index is 853. The van der Waals surface area contributed by atoms with Gasteiger partial charge in [-0.3, -0.25) is 14.4 Å². The van der Waals surface area contributed by atoms with Crippen LogP contribution < -0.4 is 10.1 Å². The molecule has 2 atom stereocenters. The van der Waals surface area contributed by atoms with Gasteiger partial charge in [-0.25, -0.2) is 8.42 Å². The van der Waals surface area contributed by atoms with Crippen LogP contribution in [0.15, 0.2) is 24.3 Å². The first-order chi connectivity index (χ1) is 13.1. The molecule has 1 aliphatic rings. The normalized spacial score (nSPS) is 18.8. The third kappa shape index (κ3) is 5.44. The van der Waals surface area contributed by atoms with Crippen LogP contribution in [0.2, 0.25) is 0 Å². The molecule has 10 heteroatoms. The number of hydrogen-bond donors (Lipinski definition) is 1. The molecular weight excluding hydrogens is 388 g/mol. The molecule has 1 fully saturated rings. The van der Waals surface area contributed by atoms with Gasteiger partial charge in [0.25, 0.3) is 11.8 Å². The van der Waals surface area contributed by atoms with Crippen LogP contribution in [-0.2, 0) is 24.2 Å². The molecule has 28 heavy (non-hydrogen) atoms. The van der Waals surface area contributed by atoms with Gasteiger partial charge in [-0.05, 0) is 25.5 Å². The molecule has 1 aromatic carbocycles. The van der Waals surface area contributed by atoms with E-state index in [1.807, 2.05) is 0 Å². The van der Waals surface area contributed by atoms with Crippen LogP contribution >= 0.6 is 0 Å². The molecular formula is C18H24N2O7S. The molecule has 154 valence electrons. The largest absolute Gasteiger partial charge is 0.496 e. The number of sulfone groups is 1. The third-order valence-corrected chi connectivity index (χ3v) is 6.25. The van der Waals surface area contributed by atoms with Gasteiger partial charge in [0, 0.05) is 13.1 Å². The lowest BCUT2D eigenvalue weighted by atomic mass is 10.2. The lowest BCUT2D eigenvalue weighted by molar-refractivity contribution is -0.158. The fraction of sp³-hybridized carbons (Fsp3) is 0.500. The maximum Gasteiger partial charge on any atom is 0.326 e. The Labute approximate surface area is 163 Å². The average Bonchev–Trinajstić information content (AvgIpc) is 3.04. The molecule has 2 rings (SSSR count). The Morgan fingerprint density at radius 2 is 1.96 bits per heavy atom. The van der Waals surface area contributed by atoms with E-state index in [1.54, 1.807) is 24.3 Å². The van der Waals surface area contributed by atoms with Crippen LogP contribution in [0.3, 0.4) is 0 Å². The average molecular weight is 412 g/mol. The Balaban J connectivity index is 1.85. The fourth-order valence-corrected chi connectivity index (χ4v) is 4.69. The van der Waals surface area contributed by atoms with Crippen molar-refractivity contribution >= 4 is 27.6 Å². The van der Waals surface area contributed by atoms with E-state index in [1.165, 1.54) is 26.0 Å². The predicted molar refractivity (Wildman–Crippen MR) is 101 cm³/mol. The Morgan fingerprint density at radius 1 is 1.29 bits per heavy atom. The van der Waals surface area contributed by atoms with Gasteiger partial charge in [0.05, 0.1) is 24.2 Å². The number of rotatable bonds is 7. The van der Waals surface area contributed by atoms with E-state index in [4.69, 9.17) is 9.47 Å². The van der Waals surface area contributed by atoms with E-state index < -0.39 is 46.3 Å². The Kier molecular flexibility index (Phi) is 7.00. The third-order valence-electron chi connectivity index (χ3n) is 4.50. The number of para-hydroxylation sites is 1. The highest BCUT2D eigenvalue weighted by atomic mass is 32.2. The summed E-state index contributed by atoms with van der Waals surface area (Å²) in [7, 11) is -0.214. The first kappa shape index (κ1) is 21.7. The quantitative estimate of drug-likeness (QED) is 0.626. The lowest BCUT2D eigenvalue weighted by Crippen LogP contribution is -2.44. The summed E-state index contributed by atoms with van der Waals surface area (Å²) in [4.78, 5) is 37.8. The minimum atomic E-state index is -3.13. The molecule has 0 aromatic heterocycles. The van der Waals surface area contributed by atoms with E-state index in [-0.39, 0.29) is 17.1 Å². The molecule has 0 bridgehead atoms. The first-order valence-electron chi connectivity index (χ1n) is 8.72. The van der Waals surface area contributed by atoms with Crippen LogP contribution in [0.25, 0.3) is 0 Å². The summed E-state index contributed by atoms with van der Waals surface area (Å²) in [5.41, 5.74) is 0.268. The Morgan fingerprint density at radius 3 is 2.57 bits per heavy atom. The second-order valence-corrected chi connectivity index (χ2v) is 8.75. The van der Waals surface area contributed by atoms with Crippen molar-refractivity contribution in [2.75, 3.05) is 32.2 Å². The topological polar surface area (TPSA) is 119 Å². The molecule has 1 aliphatic heterocycles. The molecule has 1 saturated heterocycles. The summed E-state index contributed by atoms with van der Waals surface area (Å²) in [6, 6.07) is 6.12. The van der Waals surface area contributed by atoms with E-state index in [0.717, 1.165) is 0 Å². The summed E-state index contributed by atoms with van der Waals surface area (Å²) in [6.45, 7) is 0.984. The van der Waals surface area contributed by atoms with Crippen molar-refractivity contribution in [2.45, 2.75) is 25.5 Å². The molecule has 0 aliphatic carbocycles. The molecule has 1 N–H and O–H groups in total. The van der Waals surface area contributed by atoms with Gasteiger partial charge in [-0.2, -0.15) is 0 Å². The number of likely N-dealkylation sites (N-methyl/N-ethyl adjacent to an activating group) is 1. The number of esters is 1. The summed E-state index contributed by atoms with van der Waals surface area (Å²) >= 11 is 0. The number of methoxy groups -OCH3 is 1. The zero-order valence-electron chi connectivity index (χ0n) is 16.0. The second kappa shape index (κ2) is 9.05. The first-order valence-corrected chi connectivity index (χ1v) is 10.5. The van der Waals surface area contributed by atoms with Crippen molar-refractivity contribution in [3.8, 4) is 5.75 Å². The number of amides is 2. The maximum absolute atomic E-state index is 12.4. The number of nitrogens with one attached hydrogen (secondary N) is 1. The number of nitrogens with zero attached hydrogens (tertiary/aromatic N) is 1. The summed E-state index contributed by atoms with van der Waals surface area (Å²) in [5, 5.41) is 2.42. The summed E-state index contributed by atoms with van der Waals surface area (Å²) < 4.78 is 33.3. The minimum absolute atomic E-state index is 0.0401. The Hall–Kier alpha value is -2.62. The highest BCUT2D eigenvalue weighted by molar-refractivity contribution is 7.91. The smallest absolute Gasteiger partial charge is 0.326 e. The molecule has 1 aromatic rings. The van der Waals surface area contributed by atoms with Gasteiger partial charge < -0.3 is 19.7 Å². The van der Waals surface area contributed by atoms with Gasteiger partial charge >= 0.3 is 5.97 Å². The maximum atomic E-state index is 12.4. The monoisotopic (exact) mass is 412 g/mol. The molecule has 0 unspecified atom stereocenters. The molecule has 1 heterocycles. The van der Waals surface area contributed by atoms with Crippen LogP contribution in [0.4, 0.5) is 0 Å². The van der Waals surface area contributed by atoms with Gasteiger partial charge in [0.1, 0.15) is 12.3 Å². The minimum Gasteiger partial charge on any atom is -0.496 e.